The van der Waals surface area contributed by atoms with Gasteiger partial charge in [-0.05, 0) is 57.5 Å². The lowest BCUT2D eigenvalue weighted by Gasteiger charge is -2.19. The van der Waals surface area contributed by atoms with E-state index in [0.29, 0.717) is 17.7 Å². The predicted octanol–water partition coefficient (Wildman–Crippen LogP) is 2.31. The number of fused-ring (bicyclic) bond motifs is 1. The molecule has 4 rings (SSSR count). The molecule has 7 heteroatoms. The number of carbonyl (C=O) groups excluding carboxylic acids is 2. The molecule has 1 aromatic heterocycles. The Balaban J connectivity index is 1.48. The third kappa shape index (κ3) is 4.04. The van der Waals surface area contributed by atoms with E-state index in [2.05, 4.69) is 20.5 Å². The summed E-state index contributed by atoms with van der Waals surface area (Å²) in [6.07, 6.45) is 3.54. The molecule has 30 heavy (non-hydrogen) atoms. The van der Waals surface area contributed by atoms with Crippen LogP contribution in [0.4, 0.5) is 5.69 Å². The van der Waals surface area contributed by atoms with Gasteiger partial charge in [0.05, 0.1) is 17.2 Å². The van der Waals surface area contributed by atoms with E-state index in [9.17, 15) is 14.7 Å². The van der Waals surface area contributed by atoms with Gasteiger partial charge in [-0.3, -0.25) is 9.59 Å². The molecule has 3 heterocycles. The average Bonchev–Trinajstić information content (AvgIpc) is 3.40. The first-order valence-electron chi connectivity index (χ1n) is 10.4. The molecule has 7 nitrogen and oxygen atoms in total. The molecule has 4 N–H and O–H groups in total. The van der Waals surface area contributed by atoms with Crippen LogP contribution in [0, 0.1) is 13.8 Å². The fraction of sp³-hybridized carbons (Fsp3) is 0.391. The minimum atomic E-state index is -0.591. The van der Waals surface area contributed by atoms with Crippen LogP contribution in [-0.4, -0.2) is 59.1 Å². The fourth-order valence-electron chi connectivity index (χ4n) is 4.31. The van der Waals surface area contributed by atoms with Crippen molar-refractivity contribution >= 4 is 29.2 Å². The Bertz CT molecular complexity index is 1000. The second kappa shape index (κ2) is 8.45. The van der Waals surface area contributed by atoms with Gasteiger partial charge in [0.2, 0.25) is 0 Å². The summed E-state index contributed by atoms with van der Waals surface area (Å²) in [4.78, 5) is 30.6. The van der Waals surface area contributed by atoms with Crippen LogP contribution in [0.25, 0.3) is 11.6 Å². The van der Waals surface area contributed by atoms with E-state index >= 15 is 0 Å². The molecule has 2 aromatic rings. The van der Waals surface area contributed by atoms with Gasteiger partial charge in [0.1, 0.15) is 0 Å². The van der Waals surface area contributed by atoms with Gasteiger partial charge in [-0.1, -0.05) is 18.2 Å². The number of aliphatic hydroxyl groups is 1. The summed E-state index contributed by atoms with van der Waals surface area (Å²) in [7, 11) is 0. The number of nitrogens with zero attached hydrogens (tertiary/aromatic N) is 1. The van der Waals surface area contributed by atoms with E-state index in [1.165, 1.54) is 12.8 Å². The molecule has 0 bridgehead atoms. The molecule has 0 spiro atoms. The highest BCUT2D eigenvalue weighted by Crippen LogP contribution is 2.33. The summed E-state index contributed by atoms with van der Waals surface area (Å²) < 4.78 is 0. The van der Waals surface area contributed by atoms with E-state index in [0.717, 1.165) is 41.3 Å². The number of β-amino-alcohol motifs (C(OH)–C–C–N with tert-alkyl or cyclic N) is 1. The molecule has 158 valence electrons. The third-order valence-electron chi connectivity index (χ3n) is 5.87. The smallest absolute Gasteiger partial charge is 0.256 e. The number of aliphatic hydroxyl groups excluding tert-OH is 1. The van der Waals surface area contributed by atoms with Gasteiger partial charge in [0, 0.05) is 35.7 Å². The lowest BCUT2D eigenvalue weighted by molar-refractivity contribution is -0.110. The van der Waals surface area contributed by atoms with Crippen molar-refractivity contribution in [3.8, 4) is 0 Å². The number of aromatic amines is 1. The van der Waals surface area contributed by atoms with Crippen molar-refractivity contribution in [1.29, 1.82) is 0 Å². The molecule has 2 aliphatic rings. The van der Waals surface area contributed by atoms with E-state index in [1.807, 2.05) is 38.1 Å². The monoisotopic (exact) mass is 408 g/mol. The summed E-state index contributed by atoms with van der Waals surface area (Å²) in [5.41, 5.74) is 5.02. The number of likely N-dealkylation sites (tertiary alicyclic amines) is 1. The lowest BCUT2D eigenvalue weighted by Crippen LogP contribution is -2.39. The summed E-state index contributed by atoms with van der Waals surface area (Å²) in [5, 5.41) is 16.0. The maximum Gasteiger partial charge on any atom is 0.256 e. The predicted molar refractivity (Wildman–Crippen MR) is 117 cm³/mol. The van der Waals surface area contributed by atoms with Crippen molar-refractivity contribution < 1.29 is 14.7 Å². The summed E-state index contributed by atoms with van der Waals surface area (Å²) in [5.74, 6) is -0.374. The maximum atomic E-state index is 12.8. The number of aryl methyl sites for hydroxylation is 1. The van der Waals surface area contributed by atoms with Crippen LogP contribution >= 0.6 is 0 Å². The number of aromatic nitrogens is 1. The number of carbonyl (C=O) groups is 2. The number of amides is 2. The van der Waals surface area contributed by atoms with Gasteiger partial charge in [-0.25, -0.2) is 0 Å². The minimum absolute atomic E-state index is 0.154. The van der Waals surface area contributed by atoms with Crippen LogP contribution in [-0.2, 0) is 4.79 Å². The summed E-state index contributed by atoms with van der Waals surface area (Å²) in [6.45, 7) is 6.52. The Morgan fingerprint density at radius 3 is 2.77 bits per heavy atom. The molecule has 1 saturated heterocycles. The van der Waals surface area contributed by atoms with E-state index in [1.54, 1.807) is 6.08 Å². The molecule has 1 atom stereocenters. The Labute approximate surface area is 176 Å². The second-order valence-electron chi connectivity index (χ2n) is 8.09. The number of hydrogen-bond donors (Lipinski definition) is 4. The van der Waals surface area contributed by atoms with Crippen molar-refractivity contribution in [3.05, 3.63) is 52.3 Å². The molecular formula is C23H28N4O3. The van der Waals surface area contributed by atoms with Gasteiger partial charge in [-0.2, -0.15) is 0 Å². The molecular weight excluding hydrogens is 380 g/mol. The zero-order chi connectivity index (χ0) is 21.3. The first-order valence-corrected chi connectivity index (χ1v) is 10.4. The van der Waals surface area contributed by atoms with Crippen LogP contribution in [0.3, 0.4) is 0 Å². The van der Waals surface area contributed by atoms with Gasteiger partial charge in [-0.15, -0.1) is 0 Å². The van der Waals surface area contributed by atoms with Crippen LogP contribution in [0.1, 0.15) is 45.7 Å². The van der Waals surface area contributed by atoms with Gasteiger partial charge >= 0.3 is 0 Å². The highest BCUT2D eigenvalue weighted by Gasteiger charge is 2.25. The quantitative estimate of drug-likeness (QED) is 0.552. The molecule has 2 aliphatic heterocycles. The van der Waals surface area contributed by atoms with Crippen molar-refractivity contribution in [1.82, 2.24) is 15.2 Å². The van der Waals surface area contributed by atoms with Crippen molar-refractivity contribution in [2.75, 3.05) is 31.5 Å². The van der Waals surface area contributed by atoms with Gasteiger partial charge < -0.3 is 25.6 Å². The first-order chi connectivity index (χ1) is 14.4. The zero-order valence-corrected chi connectivity index (χ0v) is 17.4. The van der Waals surface area contributed by atoms with E-state index in [4.69, 9.17) is 0 Å². The number of rotatable bonds is 6. The maximum absolute atomic E-state index is 12.8. The van der Waals surface area contributed by atoms with Crippen molar-refractivity contribution in [2.45, 2.75) is 32.8 Å². The summed E-state index contributed by atoms with van der Waals surface area (Å²) >= 11 is 0. The zero-order valence-electron chi connectivity index (χ0n) is 17.4. The standard InChI is InChI=1S/C23H28N4O3/c1-14-20(11-18-17-7-3-4-8-19(17)26-22(18)29)25-15(2)21(14)23(30)24-12-16(28)13-27-9-5-6-10-27/h3-4,7-8,11,16,25,28H,5-6,9-10,12-13H2,1-2H3,(H,24,30)(H,26,29). The first kappa shape index (κ1) is 20.4. The molecule has 0 radical (unpaired) electrons. The molecule has 1 aromatic carbocycles. The van der Waals surface area contributed by atoms with Crippen molar-refractivity contribution in [2.24, 2.45) is 0 Å². The number of hydrogen-bond acceptors (Lipinski definition) is 4. The summed E-state index contributed by atoms with van der Waals surface area (Å²) in [6, 6.07) is 7.55. The number of H-pyrrole nitrogens is 1. The fourth-order valence-corrected chi connectivity index (χ4v) is 4.31. The van der Waals surface area contributed by atoms with Crippen LogP contribution in [0.5, 0.6) is 0 Å². The highest BCUT2D eigenvalue weighted by atomic mass is 16.3. The normalized spacial score (nSPS) is 18.5. The number of anilines is 1. The molecule has 1 unspecified atom stereocenters. The average molecular weight is 409 g/mol. The SMILES string of the molecule is Cc1[nH]c(C=C2C(=O)Nc3ccccc32)c(C)c1C(=O)NCC(O)CN1CCCC1. The van der Waals surface area contributed by atoms with Gasteiger partial charge in [0.25, 0.3) is 11.8 Å². The third-order valence-corrected chi connectivity index (χ3v) is 5.87. The second-order valence-corrected chi connectivity index (χ2v) is 8.09. The largest absolute Gasteiger partial charge is 0.390 e. The molecule has 1 fully saturated rings. The van der Waals surface area contributed by atoms with Crippen LogP contribution < -0.4 is 10.6 Å². The highest BCUT2D eigenvalue weighted by molar-refractivity contribution is 6.34. The van der Waals surface area contributed by atoms with Crippen molar-refractivity contribution in [3.63, 3.8) is 0 Å². The van der Waals surface area contributed by atoms with E-state index in [-0.39, 0.29) is 18.4 Å². The Hall–Kier alpha value is -2.90. The molecule has 0 saturated carbocycles. The number of nitrogens with one attached hydrogen (secondary N) is 3. The lowest BCUT2D eigenvalue weighted by atomic mass is 10.0. The number of para-hydroxylation sites is 1. The Morgan fingerprint density at radius 1 is 1.27 bits per heavy atom. The Kier molecular flexibility index (Phi) is 5.74. The van der Waals surface area contributed by atoms with Crippen LogP contribution in [0.15, 0.2) is 24.3 Å². The number of benzene rings is 1. The van der Waals surface area contributed by atoms with Gasteiger partial charge in [0.15, 0.2) is 0 Å². The molecule has 2 amide bonds. The van der Waals surface area contributed by atoms with E-state index < -0.39 is 6.10 Å². The molecule has 0 aliphatic carbocycles. The minimum Gasteiger partial charge on any atom is -0.390 e. The Morgan fingerprint density at radius 2 is 2.00 bits per heavy atom. The topological polar surface area (TPSA) is 97.5 Å². The van der Waals surface area contributed by atoms with Crippen LogP contribution in [0.2, 0.25) is 0 Å².